The fraction of sp³-hybridized carbons (Fsp3) is 0.500. The van der Waals surface area contributed by atoms with Crippen molar-refractivity contribution < 1.29 is 4.79 Å². The van der Waals surface area contributed by atoms with Gasteiger partial charge in [-0.15, -0.1) is 0 Å². The predicted molar refractivity (Wildman–Crippen MR) is 75.5 cm³/mol. The number of anilines is 1. The average Bonchev–Trinajstić information content (AvgIpc) is 2.35. The van der Waals surface area contributed by atoms with Crippen LogP contribution in [-0.2, 0) is 11.3 Å². The molecule has 18 heavy (non-hydrogen) atoms. The summed E-state index contributed by atoms with van der Waals surface area (Å²) in [5.41, 5.74) is 7.77. The van der Waals surface area contributed by atoms with Crippen LogP contribution < -0.4 is 16.0 Å². The van der Waals surface area contributed by atoms with E-state index in [0.29, 0.717) is 19.5 Å². The number of carbonyl (C=O) groups excluding carboxylic acids is 1. The molecule has 0 aromatic heterocycles. The van der Waals surface area contributed by atoms with Crippen LogP contribution in [0.5, 0.6) is 0 Å². The second-order valence-corrected chi connectivity index (χ2v) is 4.76. The first-order valence-corrected chi connectivity index (χ1v) is 6.32. The number of amides is 1. The van der Waals surface area contributed by atoms with Crippen molar-refractivity contribution in [1.29, 1.82) is 0 Å². The molecule has 0 aliphatic heterocycles. The van der Waals surface area contributed by atoms with E-state index in [2.05, 4.69) is 10.2 Å². The molecule has 0 radical (unpaired) electrons. The van der Waals surface area contributed by atoms with Crippen LogP contribution in [0, 0.1) is 0 Å². The van der Waals surface area contributed by atoms with Crippen molar-refractivity contribution >= 4 is 11.6 Å². The lowest BCUT2D eigenvalue weighted by molar-refractivity contribution is -0.121. The van der Waals surface area contributed by atoms with E-state index in [0.717, 1.165) is 11.3 Å². The number of nitrogens with two attached hydrogens (primary N) is 1. The SMILES string of the molecule is CC(C)NC(=O)CCN(C)c1ccc(CN)cc1. The first-order chi connectivity index (χ1) is 8.52. The zero-order valence-electron chi connectivity index (χ0n) is 11.4. The van der Waals surface area contributed by atoms with Gasteiger partial charge in [-0.3, -0.25) is 4.79 Å². The maximum atomic E-state index is 11.5. The lowest BCUT2D eigenvalue weighted by Crippen LogP contribution is -2.33. The minimum absolute atomic E-state index is 0.0930. The smallest absolute Gasteiger partial charge is 0.221 e. The highest BCUT2D eigenvalue weighted by Gasteiger charge is 2.06. The summed E-state index contributed by atoms with van der Waals surface area (Å²) in [6, 6.07) is 8.29. The highest BCUT2D eigenvalue weighted by Crippen LogP contribution is 2.13. The normalized spacial score (nSPS) is 10.5. The van der Waals surface area contributed by atoms with Crippen LogP contribution in [-0.4, -0.2) is 25.5 Å². The van der Waals surface area contributed by atoms with Gasteiger partial charge >= 0.3 is 0 Å². The number of rotatable bonds is 6. The molecule has 0 atom stereocenters. The Labute approximate surface area is 109 Å². The van der Waals surface area contributed by atoms with Crippen molar-refractivity contribution in [3.05, 3.63) is 29.8 Å². The Kier molecular flexibility index (Phi) is 5.65. The fourth-order valence-electron chi connectivity index (χ4n) is 1.68. The van der Waals surface area contributed by atoms with E-state index in [9.17, 15) is 4.79 Å². The second kappa shape index (κ2) is 7.01. The van der Waals surface area contributed by atoms with Gasteiger partial charge in [0.1, 0.15) is 0 Å². The quantitative estimate of drug-likeness (QED) is 0.803. The summed E-state index contributed by atoms with van der Waals surface area (Å²) in [4.78, 5) is 13.6. The topological polar surface area (TPSA) is 58.4 Å². The van der Waals surface area contributed by atoms with Gasteiger partial charge < -0.3 is 16.0 Å². The molecular weight excluding hydrogens is 226 g/mol. The number of nitrogens with one attached hydrogen (secondary N) is 1. The number of hydrogen-bond donors (Lipinski definition) is 2. The monoisotopic (exact) mass is 249 g/mol. The molecule has 0 heterocycles. The molecule has 1 aromatic carbocycles. The molecule has 0 saturated heterocycles. The number of benzene rings is 1. The Morgan fingerprint density at radius 3 is 2.44 bits per heavy atom. The summed E-state index contributed by atoms with van der Waals surface area (Å²) in [5.74, 6) is 0.0930. The molecule has 0 unspecified atom stereocenters. The molecule has 0 spiro atoms. The van der Waals surface area contributed by atoms with Crippen molar-refractivity contribution in [2.75, 3.05) is 18.5 Å². The highest BCUT2D eigenvalue weighted by molar-refractivity contribution is 5.76. The van der Waals surface area contributed by atoms with E-state index in [1.54, 1.807) is 0 Å². The largest absolute Gasteiger partial charge is 0.374 e. The molecule has 0 aliphatic carbocycles. The molecule has 4 heteroatoms. The molecule has 0 aliphatic rings. The third-order valence-corrected chi connectivity index (χ3v) is 2.74. The molecule has 1 aromatic rings. The predicted octanol–water partition coefficient (Wildman–Crippen LogP) is 1.50. The van der Waals surface area contributed by atoms with Gasteiger partial charge in [-0.1, -0.05) is 12.1 Å². The molecule has 1 rings (SSSR count). The van der Waals surface area contributed by atoms with Gasteiger partial charge in [0, 0.05) is 38.3 Å². The van der Waals surface area contributed by atoms with E-state index < -0.39 is 0 Å². The van der Waals surface area contributed by atoms with Crippen molar-refractivity contribution in [2.24, 2.45) is 5.73 Å². The van der Waals surface area contributed by atoms with Crippen molar-refractivity contribution in [3.63, 3.8) is 0 Å². The number of carbonyl (C=O) groups is 1. The van der Waals surface area contributed by atoms with E-state index >= 15 is 0 Å². The second-order valence-electron chi connectivity index (χ2n) is 4.76. The van der Waals surface area contributed by atoms with Crippen LogP contribution in [0.15, 0.2) is 24.3 Å². The van der Waals surface area contributed by atoms with Crippen molar-refractivity contribution in [3.8, 4) is 0 Å². The Bertz CT molecular complexity index is 373. The third-order valence-electron chi connectivity index (χ3n) is 2.74. The van der Waals surface area contributed by atoms with Crippen LogP contribution in [0.4, 0.5) is 5.69 Å². The maximum Gasteiger partial charge on any atom is 0.221 e. The number of nitrogens with zero attached hydrogens (tertiary/aromatic N) is 1. The van der Waals surface area contributed by atoms with Crippen LogP contribution in [0.2, 0.25) is 0 Å². The van der Waals surface area contributed by atoms with Crippen molar-refractivity contribution in [2.45, 2.75) is 32.9 Å². The van der Waals surface area contributed by atoms with Crippen molar-refractivity contribution in [1.82, 2.24) is 5.32 Å². The van der Waals surface area contributed by atoms with Gasteiger partial charge in [0.2, 0.25) is 5.91 Å². The zero-order valence-corrected chi connectivity index (χ0v) is 11.4. The van der Waals surface area contributed by atoms with E-state index in [1.165, 1.54) is 0 Å². The Morgan fingerprint density at radius 1 is 1.33 bits per heavy atom. The van der Waals surface area contributed by atoms with Gasteiger partial charge in [-0.05, 0) is 31.5 Å². The summed E-state index contributed by atoms with van der Waals surface area (Å²) in [6.07, 6.45) is 0.507. The summed E-state index contributed by atoms with van der Waals surface area (Å²) in [5, 5.41) is 2.89. The molecule has 0 bridgehead atoms. The summed E-state index contributed by atoms with van der Waals surface area (Å²) >= 11 is 0. The van der Waals surface area contributed by atoms with Crippen LogP contribution in [0.3, 0.4) is 0 Å². The first kappa shape index (κ1) is 14.5. The highest BCUT2D eigenvalue weighted by atomic mass is 16.1. The van der Waals surface area contributed by atoms with E-state index in [4.69, 9.17) is 5.73 Å². The first-order valence-electron chi connectivity index (χ1n) is 6.32. The van der Waals surface area contributed by atoms with Gasteiger partial charge in [-0.25, -0.2) is 0 Å². The fourth-order valence-corrected chi connectivity index (χ4v) is 1.68. The molecule has 4 nitrogen and oxygen atoms in total. The molecule has 100 valence electrons. The maximum absolute atomic E-state index is 11.5. The Hall–Kier alpha value is -1.55. The molecule has 1 amide bonds. The van der Waals surface area contributed by atoms with E-state index in [1.807, 2.05) is 45.2 Å². The van der Waals surface area contributed by atoms with Crippen LogP contribution >= 0.6 is 0 Å². The Balaban J connectivity index is 2.44. The molecule has 0 fully saturated rings. The minimum Gasteiger partial charge on any atom is -0.374 e. The zero-order chi connectivity index (χ0) is 13.5. The third kappa shape index (κ3) is 4.75. The minimum atomic E-state index is 0.0930. The number of hydrogen-bond acceptors (Lipinski definition) is 3. The molecular formula is C14H23N3O. The van der Waals surface area contributed by atoms with Gasteiger partial charge in [0.25, 0.3) is 0 Å². The molecule has 3 N–H and O–H groups in total. The lowest BCUT2D eigenvalue weighted by atomic mass is 10.2. The summed E-state index contributed by atoms with van der Waals surface area (Å²) < 4.78 is 0. The van der Waals surface area contributed by atoms with Gasteiger partial charge in [0.05, 0.1) is 0 Å². The molecule has 0 saturated carbocycles. The summed E-state index contributed by atoms with van der Waals surface area (Å²) in [7, 11) is 1.99. The van der Waals surface area contributed by atoms with Gasteiger partial charge in [0.15, 0.2) is 0 Å². The summed E-state index contributed by atoms with van der Waals surface area (Å²) in [6.45, 7) is 5.20. The average molecular weight is 249 g/mol. The standard InChI is InChI=1S/C14H23N3O/c1-11(2)16-14(18)8-9-17(3)13-6-4-12(10-15)5-7-13/h4-7,11H,8-10,15H2,1-3H3,(H,16,18). The van der Waals surface area contributed by atoms with Crippen LogP contribution in [0.25, 0.3) is 0 Å². The van der Waals surface area contributed by atoms with Crippen LogP contribution in [0.1, 0.15) is 25.8 Å². The van der Waals surface area contributed by atoms with Gasteiger partial charge in [-0.2, -0.15) is 0 Å². The van der Waals surface area contributed by atoms with E-state index in [-0.39, 0.29) is 11.9 Å². The lowest BCUT2D eigenvalue weighted by Gasteiger charge is -2.19. The Morgan fingerprint density at radius 2 is 1.94 bits per heavy atom.